The van der Waals surface area contributed by atoms with Crippen molar-refractivity contribution in [3.8, 4) is 0 Å². The number of nitrogens with zero attached hydrogens (tertiary/aromatic N) is 3. The number of halogens is 1. The molecule has 2 aliphatic heterocycles. The topological polar surface area (TPSA) is 57.2 Å². The van der Waals surface area contributed by atoms with Crippen LogP contribution >= 0.6 is 24.0 Å². The molecule has 0 aromatic heterocycles. The minimum Gasteiger partial charge on any atom is -0.466 e. The second-order valence-corrected chi connectivity index (χ2v) is 8.50. The van der Waals surface area contributed by atoms with Gasteiger partial charge in [-0.1, -0.05) is 30.7 Å². The smallest absolute Gasteiger partial charge is 0.309 e. The van der Waals surface area contributed by atoms with E-state index in [-0.39, 0.29) is 35.9 Å². The zero-order chi connectivity index (χ0) is 21.3. The number of nitrogens with one attached hydrogen (secondary N) is 1. The van der Waals surface area contributed by atoms with E-state index >= 15 is 0 Å². The van der Waals surface area contributed by atoms with Crippen LogP contribution in [0, 0.1) is 5.92 Å². The molecule has 174 valence electrons. The lowest BCUT2D eigenvalue weighted by molar-refractivity contribution is -0.149. The Bertz CT molecular complexity index is 719. The molecule has 7 heteroatoms. The monoisotopic (exact) mass is 542 g/mol. The van der Waals surface area contributed by atoms with Crippen molar-refractivity contribution >= 4 is 35.9 Å². The molecular formula is C24H39IN4O2. The van der Waals surface area contributed by atoms with E-state index in [1.54, 1.807) is 0 Å². The van der Waals surface area contributed by atoms with Crippen LogP contribution in [0.2, 0.25) is 0 Å². The number of aliphatic imine (C=N–C) groups is 1. The fourth-order valence-electron chi connectivity index (χ4n) is 4.59. The summed E-state index contributed by atoms with van der Waals surface area (Å²) in [6, 6.07) is 9.40. The summed E-state index contributed by atoms with van der Waals surface area (Å²) < 4.78 is 5.18. The lowest BCUT2D eigenvalue weighted by Crippen LogP contribution is -2.46. The van der Waals surface area contributed by atoms with Crippen molar-refractivity contribution in [2.75, 3.05) is 33.3 Å². The SMILES string of the molecule is CCOC(=O)C1CCN(C(=NC)NCc2ccccc2CN2CCCCC2C)CC1.I. The van der Waals surface area contributed by atoms with Crippen molar-refractivity contribution in [3.05, 3.63) is 35.4 Å². The van der Waals surface area contributed by atoms with Crippen LogP contribution in [-0.2, 0) is 22.6 Å². The summed E-state index contributed by atoms with van der Waals surface area (Å²) in [5.41, 5.74) is 2.73. The summed E-state index contributed by atoms with van der Waals surface area (Å²) in [4.78, 5) is 21.3. The second kappa shape index (κ2) is 13.3. The Morgan fingerprint density at radius 3 is 2.48 bits per heavy atom. The van der Waals surface area contributed by atoms with Crippen LogP contribution in [0.1, 0.15) is 57.1 Å². The van der Waals surface area contributed by atoms with E-state index < -0.39 is 0 Å². The molecule has 1 aromatic rings. The van der Waals surface area contributed by atoms with Gasteiger partial charge in [-0.15, -0.1) is 24.0 Å². The summed E-state index contributed by atoms with van der Waals surface area (Å²) in [6.45, 7) is 9.31. The van der Waals surface area contributed by atoms with Gasteiger partial charge in [-0.2, -0.15) is 0 Å². The predicted molar refractivity (Wildman–Crippen MR) is 137 cm³/mol. The van der Waals surface area contributed by atoms with E-state index in [2.05, 4.69) is 51.3 Å². The Labute approximate surface area is 204 Å². The third kappa shape index (κ3) is 7.34. The number of piperidine rings is 2. The molecule has 1 aromatic carbocycles. The minimum atomic E-state index is -0.0547. The van der Waals surface area contributed by atoms with E-state index in [0.29, 0.717) is 12.6 Å². The predicted octanol–water partition coefficient (Wildman–Crippen LogP) is 4.03. The first-order chi connectivity index (χ1) is 14.6. The lowest BCUT2D eigenvalue weighted by atomic mass is 9.97. The van der Waals surface area contributed by atoms with E-state index in [4.69, 9.17) is 4.74 Å². The highest BCUT2D eigenvalue weighted by Gasteiger charge is 2.27. The average molecular weight is 543 g/mol. The van der Waals surface area contributed by atoms with Crippen LogP contribution in [0.25, 0.3) is 0 Å². The Morgan fingerprint density at radius 1 is 1.13 bits per heavy atom. The van der Waals surface area contributed by atoms with Gasteiger partial charge in [0.15, 0.2) is 5.96 Å². The molecule has 2 fully saturated rings. The first-order valence-electron chi connectivity index (χ1n) is 11.6. The zero-order valence-electron chi connectivity index (χ0n) is 19.3. The van der Waals surface area contributed by atoms with E-state index in [9.17, 15) is 4.79 Å². The maximum absolute atomic E-state index is 12.0. The van der Waals surface area contributed by atoms with E-state index in [0.717, 1.165) is 45.0 Å². The summed E-state index contributed by atoms with van der Waals surface area (Å²) in [7, 11) is 1.83. The van der Waals surface area contributed by atoms with Crippen molar-refractivity contribution in [1.29, 1.82) is 0 Å². The maximum atomic E-state index is 12.0. The lowest BCUT2D eigenvalue weighted by Gasteiger charge is -2.34. The first kappa shape index (κ1) is 25.9. The van der Waals surface area contributed by atoms with Crippen LogP contribution in [0.4, 0.5) is 0 Å². The number of rotatable bonds is 6. The molecule has 0 bridgehead atoms. The van der Waals surface area contributed by atoms with Gasteiger partial charge in [0.2, 0.25) is 0 Å². The highest BCUT2D eigenvalue weighted by molar-refractivity contribution is 14.0. The van der Waals surface area contributed by atoms with Crippen molar-refractivity contribution in [2.45, 2.75) is 65.1 Å². The number of hydrogen-bond donors (Lipinski definition) is 1. The molecule has 2 saturated heterocycles. The number of benzene rings is 1. The quantitative estimate of drug-likeness (QED) is 0.255. The van der Waals surface area contributed by atoms with Gasteiger partial charge in [0.25, 0.3) is 0 Å². The molecule has 0 aliphatic carbocycles. The molecule has 31 heavy (non-hydrogen) atoms. The summed E-state index contributed by atoms with van der Waals surface area (Å²) in [5, 5.41) is 3.55. The van der Waals surface area contributed by atoms with Crippen LogP contribution < -0.4 is 5.32 Å². The number of likely N-dealkylation sites (tertiary alicyclic amines) is 2. The van der Waals surface area contributed by atoms with Crippen LogP contribution in [0.5, 0.6) is 0 Å². The summed E-state index contributed by atoms with van der Waals surface area (Å²) >= 11 is 0. The molecule has 3 rings (SSSR count). The molecule has 0 amide bonds. The molecule has 2 aliphatic rings. The van der Waals surface area contributed by atoms with Gasteiger partial charge in [0.1, 0.15) is 0 Å². The summed E-state index contributed by atoms with van der Waals surface area (Å²) in [5.74, 6) is 0.881. The standard InChI is InChI=1S/C24H38N4O2.HI/c1-4-30-23(29)20-12-15-27(16-13-20)24(25-3)26-17-21-10-5-6-11-22(21)18-28-14-8-7-9-19(28)2;/h5-6,10-11,19-20H,4,7-9,12-18H2,1-3H3,(H,25,26);1H. The van der Waals surface area contributed by atoms with E-state index in [1.807, 2.05) is 14.0 Å². The Morgan fingerprint density at radius 2 is 1.84 bits per heavy atom. The minimum absolute atomic E-state index is 0. The molecule has 1 unspecified atom stereocenters. The number of esters is 1. The molecular weight excluding hydrogens is 503 g/mol. The van der Waals surface area contributed by atoms with Gasteiger partial charge in [-0.05, 0) is 57.2 Å². The Balaban J connectivity index is 0.00000341. The fraction of sp³-hybridized carbons (Fsp3) is 0.667. The Kier molecular flexibility index (Phi) is 11.1. The molecule has 6 nitrogen and oxygen atoms in total. The highest BCUT2D eigenvalue weighted by atomic mass is 127. The van der Waals surface area contributed by atoms with Crippen molar-refractivity contribution in [2.24, 2.45) is 10.9 Å². The number of ether oxygens (including phenoxy) is 1. The first-order valence-corrected chi connectivity index (χ1v) is 11.6. The normalized spacial score (nSPS) is 20.8. The van der Waals surface area contributed by atoms with Crippen molar-refractivity contribution in [3.63, 3.8) is 0 Å². The number of carbonyl (C=O) groups excluding carboxylic acids is 1. The zero-order valence-corrected chi connectivity index (χ0v) is 21.6. The maximum Gasteiger partial charge on any atom is 0.309 e. The van der Waals surface area contributed by atoms with E-state index in [1.165, 1.54) is 36.9 Å². The number of hydrogen-bond acceptors (Lipinski definition) is 4. The fourth-order valence-corrected chi connectivity index (χ4v) is 4.59. The number of carbonyl (C=O) groups is 1. The molecule has 0 radical (unpaired) electrons. The second-order valence-electron chi connectivity index (χ2n) is 8.50. The van der Waals surface area contributed by atoms with Gasteiger partial charge in [0.05, 0.1) is 12.5 Å². The number of guanidine groups is 1. The molecule has 0 spiro atoms. The molecule has 1 atom stereocenters. The van der Waals surface area contributed by atoms with Crippen LogP contribution in [-0.4, -0.2) is 61.1 Å². The van der Waals surface area contributed by atoms with Crippen molar-refractivity contribution < 1.29 is 9.53 Å². The van der Waals surface area contributed by atoms with Crippen LogP contribution in [0.3, 0.4) is 0 Å². The Hall–Kier alpha value is -1.35. The summed E-state index contributed by atoms with van der Waals surface area (Å²) in [6.07, 6.45) is 5.60. The van der Waals surface area contributed by atoms with Crippen molar-refractivity contribution in [1.82, 2.24) is 15.1 Å². The molecule has 0 saturated carbocycles. The highest BCUT2D eigenvalue weighted by Crippen LogP contribution is 2.21. The molecule has 1 N–H and O–H groups in total. The third-order valence-corrected chi connectivity index (χ3v) is 6.50. The van der Waals surface area contributed by atoms with Gasteiger partial charge in [0, 0.05) is 39.3 Å². The third-order valence-electron chi connectivity index (χ3n) is 6.50. The average Bonchev–Trinajstić information content (AvgIpc) is 2.77. The largest absolute Gasteiger partial charge is 0.466 e. The van der Waals surface area contributed by atoms with Gasteiger partial charge < -0.3 is 15.0 Å². The van der Waals surface area contributed by atoms with Gasteiger partial charge in [-0.3, -0.25) is 14.7 Å². The van der Waals surface area contributed by atoms with Crippen LogP contribution in [0.15, 0.2) is 29.3 Å². The van der Waals surface area contributed by atoms with Gasteiger partial charge >= 0.3 is 5.97 Å². The van der Waals surface area contributed by atoms with Gasteiger partial charge in [-0.25, -0.2) is 0 Å². The molecule has 2 heterocycles.